The summed E-state index contributed by atoms with van der Waals surface area (Å²) < 4.78 is 0. The van der Waals surface area contributed by atoms with Gasteiger partial charge in [-0.1, -0.05) is 19.0 Å². The van der Waals surface area contributed by atoms with Crippen molar-refractivity contribution >= 4 is 17.3 Å². The lowest BCUT2D eigenvalue weighted by Gasteiger charge is -1.89. The maximum atomic E-state index is 10.3. The Balaban J connectivity index is 0.00000121. The number of rotatable bonds is 1. The van der Waals surface area contributed by atoms with Crippen LogP contribution < -0.4 is 4.98 Å². The number of halogens is 1. The number of H-pyrrole nitrogens is 1. The lowest BCUT2D eigenvalue weighted by molar-refractivity contribution is -0.426. The van der Waals surface area contributed by atoms with Crippen LogP contribution in [-0.2, 0) is 0 Å². The molecule has 0 aliphatic carbocycles. The Morgan fingerprint density at radius 3 is 2.67 bits per heavy atom. The first kappa shape index (κ1) is 10.8. The Bertz CT molecular complexity index is 301. The van der Waals surface area contributed by atoms with Crippen LogP contribution in [0.4, 0.5) is 5.69 Å². The van der Waals surface area contributed by atoms with Crippen LogP contribution in [-0.4, -0.2) is 4.92 Å². The number of pyridine rings is 1. The third-order valence-corrected chi connectivity index (χ3v) is 1.50. The molecule has 0 spiro atoms. The molecule has 1 heterocycles. The van der Waals surface area contributed by atoms with Crippen molar-refractivity contribution in [3.8, 4) is 0 Å². The van der Waals surface area contributed by atoms with E-state index in [-0.39, 0.29) is 13.1 Å². The predicted octanol–water partition coefficient (Wildman–Crippen LogP) is 2.01. The molecule has 0 atom stereocenters. The molecular formula is C7H10ClN2O2+. The van der Waals surface area contributed by atoms with E-state index in [4.69, 9.17) is 11.6 Å². The maximum absolute atomic E-state index is 10.3. The minimum atomic E-state index is -0.474. The largest absolute Gasteiger partial charge is 0.336 e. The summed E-state index contributed by atoms with van der Waals surface area (Å²) >= 11 is 5.53. The fourth-order valence-electron chi connectivity index (χ4n) is 0.721. The molecule has 1 aromatic heterocycles. The third-order valence-electron chi connectivity index (χ3n) is 1.28. The van der Waals surface area contributed by atoms with Crippen molar-refractivity contribution in [2.45, 2.75) is 14.4 Å². The van der Waals surface area contributed by atoms with E-state index in [0.29, 0.717) is 10.7 Å². The summed E-state index contributed by atoms with van der Waals surface area (Å²) in [6.07, 6.45) is 1.50. The second-order valence-electron chi connectivity index (χ2n) is 2.09. The van der Waals surface area contributed by atoms with Gasteiger partial charge in [0.2, 0.25) is 0 Å². The quantitative estimate of drug-likeness (QED) is 0.501. The predicted molar refractivity (Wildman–Crippen MR) is 46.1 cm³/mol. The van der Waals surface area contributed by atoms with E-state index >= 15 is 0 Å². The van der Waals surface area contributed by atoms with Gasteiger partial charge in [-0.3, -0.25) is 10.1 Å². The summed E-state index contributed by atoms with van der Waals surface area (Å²) in [5.41, 5.74) is 0.511. The number of nitrogens with one attached hydrogen (secondary N) is 1. The molecule has 1 aromatic rings. The highest BCUT2D eigenvalue weighted by atomic mass is 35.5. The van der Waals surface area contributed by atoms with E-state index in [2.05, 4.69) is 4.98 Å². The molecule has 0 fully saturated rings. The molecule has 1 N–H and O–H groups in total. The summed E-state index contributed by atoms with van der Waals surface area (Å²) in [7, 11) is 0. The summed E-state index contributed by atoms with van der Waals surface area (Å²) in [6, 6.07) is 1.31. The van der Waals surface area contributed by atoms with Crippen LogP contribution in [0.5, 0.6) is 0 Å². The summed E-state index contributed by atoms with van der Waals surface area (Å²) in [5, 5.41) is 10.6. The lowest BCUT2D eigenvalue weighted by atomic mass is 10.3. The molecule has 0 bridgehead atoms. The Kier molecular flexibility index (Phi) is 3.63. The lowest BCUT2D eigenvalue weighted by Crippen LogP contribution is -2.09. The van der Waals surface area contributed by atoms with Crippen LogP contribution >= 0.6 is 11.6 Å². The van der Waals surface area contributed by atoms with Crippen LogP contribution in [0.25, 0.3) is 0 Å². The van der Waals surface area contributed by atoms with E-state index in [1.807, 2.05) is 0 Å². The molecule has 0 unspecified atom stereocenters. The second kappa shape index (κ2) is 4.01. The Morgan fingerprint density at radius 2 is 2.25 bits per heavy atom. The third kappa shape index (κ3) is 2.17. The van der Waals surface area contributed by atoms with Crippen molar-refractivity contribution in [2.24, 2.45) is 0 Å². The Hall–Kier alpha value is -1.16. The molecule has 0 aliphatic rings. The average Bonchev–Trinajstić information content (AvgIpc) is 1.94. The zero-order valence-electron chi connectivity index (χ0n) is 5.80. The number of aromatic nitrogens is 1. The van der Waals surface area contributed by atoms with Gasteiger partial charge in [0.25, 0.3) is 5.69 Å². The van der Waals surface area contributed by atoms with Gasteiger partial charge in [-0.25, -0.2) is 4.98 Å². The van der Waals surface area contributed by atoms with Gasteiger partial charge < -0.3 is 0 Å². The highest BCUT2D eigenvalue weighted by molar-refractivity contribution is 6.30. The first-order valence-corrected chi connectivity index (χ1v) is 3.31. The molecule has 0 aromatic carbocycles. The van der Waals surface area contributed by atoms with Crippen molar-refractivity contribution in [1.82, 2.24) is 0 Å². The number of aryl methyl sites for hydroxylation is 1. The molecule has 0 amide bonds. The smallest absolute Gasteiger partial charge is 0.258 e. The van der Waals surface area contributed by atoms with Gasteiger partial charge in [0.15, 0.2) is 6.20 Å². The minimum absolute atomic E-state index is 0. The fraction of sp³-hybridized carbons (Fsp3) is 0.286. The van der Waals surface area contributed by atoms with Crippen LogP contribution in [0.15, 0.2) is 12.3 Å². The van der Waals surface area contributed by atoms with E-state index in [9.17, 15) is 10.1 Å². The van der Waals surface area contributed by atoms with E-state index in [0.717, 1.165) is 0 Å². The van der Waals surface area contributed by atoms with Crippen LogP contribution in [0.2, 0.25) is 5.02 Å². The molecule has 0 saturated heterocycles. The topological polar surface area (TPSA) is 57.3 Å². The number of aromatic amines is 1. The molecule has 0 saturated carbocycles. The normalized spacial score (nSPS) is 8.83. The Labute approximate surface area is 75.3 Å². The molecule has 12 heavy (non-hydrogen) atoms. The van der Waals surface area contributed by atoms with Gasteiger partial charge in [-0.15, -0.1) is 0 Å². The zero-order valence-corrected chi connectivity index (χ0v) is 6.55. The van der Waals surface area contributed by atoms with Crippen LogP contribution in [0.1, 0.15) is 13.1 Å². The summed E-state index contributed by atoms with van der Waals surface area (Å²) in [4.78, 5) is 12.5. The molecule has 5 heteroatoms. The highest BCUT2D eigenvalue weighted by Gasteiger charge is 2.16. The number of hydrogen-bond donors (Lipinski definition) is 0. The second-order valence-corrected chi connectivity index (χ2v) is 2.52. The first-order chi connectivity index (χ1) is 5.11. The van der Waals surface area contributed by atoms with Crippen LogP contribution in [0.3, 0.4) is 0 Å². The number of nitro groups is 1. The van der Waals surface area contributed by atoms with Crippen molar-refractivity contribution in [2.75, 3.05) is 0 Å². The maximum Gasteiger partial charge on any atom is 0.336 e. The summed E-state index contributed by atoms with van der Waals surface area (Å²) in [6.45, 7) is 1.62. The van der Waals surface area contributed by atoms with Crippen molar-refractivity contribution in [1.29, 1.82) is 0 Å². The van der Waals surface area contributed by atoms with Crippen molar-refractivity contribution < 1.29 is 9.91 Å². The van der Waals surface area contributed by atoms with Gasteiger partial charge >= 0.3 is 5.69 Å². The fourth-order valence-corrected chi connectivity index (χ4v) is 0.879. The van der Waals surface area contributed by atoms with Gasteiger partial charge in [-0.05, 0) is 0 Å². The Morgan fingerprint density at radius 1 is 1.67 bits per heavy atom. The monoisotopic (exact) mass is 189 g/mol. The van der Waals surface area contributed by atoms with Crippen molar-refractivity contribution in [3.63, 3.8) is 0 Å². The van der Waals surface area contributed by atoms with Crippen LogP contribution in [0, 0.1) is 17.0 Å². The van der Waals surface area contributed by atoms with E-state index in [1.165, 1.54) is 12.3 Å². The summed E-state index contributed by atoms with van der Waals surface area (Å²) in [5.74, 6) is 0. The van der Waals surface area contributed by atoms with Crippen molar-refractivity contribution in [3.05, 3.63) is 33.1 Å². The number of nitrogens with zero attached hydrogens (tertiary/aromatic N) is 1. The van der Waals surface area contributed by atoms with E-state index < -0.39 is 4.92 Å². The molecule has 0 aliphatic heterocycles. The number of hydrogen-bond acceptors (Lipinski definition) is 2. The van der Waals surface area contributed by atoms with Gasteiger partial charge in [-0.2, -0.15) is 0 Å². The van der Waals surface area contributed by atoms with E-state index in [1.54, 1.807) is 6.92 Å². The highest BCUT2D eigenvalue weighted by Crippen LogP contribution is 2.16. The zero-order chi connectivity index (χ0) is 8.43. The molecule has 66 valence electrons. The average molecular weight is 190 g/mol. The molecule has 4 nitrogen and oxygen atoms in total. The first-order valence-electron chi connectivity index (χ1n) is 2.93. The molecular weight excluding hydrogens is 180 g/mol. The van der Waals surface area contributed by atoms with Gasteiger partial charge in [0.05, 0.1) is 4.92 Å². The minimum Gasteiger partial charge on any atom is -0.258 e. The SMILES string of the molecule is C.Cc1[nH+]cc(Cl)cc1[N+](=O)[O-]. The van der Waals surface area contributed by atoms with Gasteiger partial charge in [0, 0.05) is 13.0 Å². The molecule has 0 radical (unpaired) electrons. The van der Waals surface area contributed by atoms with Gasteiger partial charge in [0.1, 0.15) is 5.02 Å². The standard InChI is InChI=1S/C6H5ClN2O2.CH4/c1-4-6(9(10)11)2-5(7)3-8-4;/h2-3H,1H3;1H4/p+1. The molecule has 1 rings (SSSR count).